The van der Waals surface area contributed by atoms with Crippen LogP contribution in [0.4, 0.5) is 0 Å². The van der Waals surface area contributed by atoms with Crippen LogP contribution in [-0.4, -0.2) is 85.9 Å². The fourth-order valence-corrected chi connectivity index (χ4v) is 6.45. The molecule has 0 atom stereocenters. The van der Waals surface area contributed by atoms with Crippen molar-refractivity contribution >= 4 is 27.0 Å². The van der Waals surface area contributed by atoms with Gasteiger partial charge in [-0.2, -0.15) is 0 Å². The molecule has 1 saturated heterocycles. The van der Waals surface area contributed by atoms with Crippen molar-refractivity contribution in [2.45, 2.75) is 64.6 Å². The number of nitrogens with one attached hydrogen (secondary N) is 1. The quantitative estimate of drug-likeness (QED) is 0.349. The Morgan fingerprint density at radius 2 is 1.83 bits per heavy atom. The number of ether oxygens (including phenoxy) is 3. The molecular weight excluding hydrogens is 558 g/mol. The Hall–Kier alpha value is -3.06. The SMILES string of the molecule is COCCS(=O)(=O)NC(=O)c1cc(-c2ccc(CN3CCOCC3)cc2)c2c(OC(C)C)nn(C3CCCCC3)c2n1. The maximum Gasteiger partial charge on any atom is 0.283 e. The van der Waals surface area contributed by atoms with Crippen molar-refractivity contribution in [3.8, 4) is 17.0 Å². The number of carbonyl (C=O) groups is 1. The van der Waals surface area contributed by atoms with Crippen LogP contribution in [0.2, 0.25) is 0 Å². The van der Waals surface area contributed by atoms with Gasteiger partial charge in [0.1, 0.15) is 5.69 Å². The number of amides is 1. The highest BCUT2D eigenvalue weighted by Crippen LogP contribution is 2.39. The highest BCUT2D eigenvalue weighted by molar-refractivity contribution is 7.90. The molecule has 0 radical (unpaired) electrons. The number of aromatic nitrogens is 3. The second-order valence-corrected chi connectivity index (χ2v) is 13.1. The maximum absolute atomic E-state index is 13.3. The highest BCUT2D eigenvalue weighted by Gasteiger charge is 2.28. The molecule has 1 aliphatic carbocycles. The Labute approximate surface area is 247 Å². The molecule has 1 aliphatic heterocycles. The highest BCUT2D eigenvalue weighted by atomic mass is 32.2. The third-order valence-electron chi connectivity index (χ3n) is 7.71. The van der Waals surface area contributed by atoms with Crippen LogP contribution in [0.15, 0.2) is 30.3 Å². The summed E-state index contributed by atoms with van der Waals surface area (Å²) in [4.78, 5) is 20.4. The Morgan fingerprint density at radius 3 is 2.50 bits per heavy atom. The summed E-state index contributed by atoms with van der Waals surface area (Å²) in [5.74, 6) is -0.660. The van der Waals surface area contributed by atoms with E-state index in [4.69, 9.17) is 24.3 Å². The lowest BCUT2D eigenvalue weighted by atomic mass is 9.95. The summed E-state index contributed by atoms with van der Waals surface area (Å²) in [6.07, 6.45) is 5.12. The number of carbonyl (C=O) groups excluding carboxylic acids is 1. The first-order valence-corrected chi connectivity index (χ1v) is 16.4. The number of fused-ring (bicyclic) bond motifs is 1. The minimum absolute atomic E-state index is 0.00365. The molecule has 42 heavy (non-hydrogen) atoms. The molecule has 5 rings (SSSR count). The second-order valence-electron chi connectivity index (χ2n) is 11.3. The van der Waals surface area contributed by atoms with Gasteiger partial charge in [0.05, 0.1) is 43.1 Å². The molecule has 1 aromatic carbocycles. The second kappa shape index (κ2) is 13.5. The molecule has 0 spiro atoms. The van der Waals surface area contributed by atoms with Crippen molar-refractivity contribution in [3.05, 3.63) is 41.6 Å². The lowest BCUT2D eigenvalue weighted by molar-refractivity contribution is 0.0342. The molecule has 1 amide bonds. The number of methoxy groups -OCH3 is 1. The zero-order chi connectivity index (χ0) is 29.7. The van der Waals surface area contributed by atoms with Gasteiger partial charge in [0.2, 0.25) is 15.9 Å². The summed E-state index contributed by atoms with van der Waals surface area (Å²) >= 11 is 0. The van der Waals surface area contributed by atoms with Gasteiger partial charge in [-0.25, -0.2) is 22.8 Å². The lowest BCUT2D eigenvalue weighted by Gasteiger charge is -2.26. The van der Waals surface area contributed by atoms with Gasteiger partial charge in [0.25, 0.3) is 5.91 Å². The summed E-state index contributed by atoms with van der Waals surface area (Å²) in [6.45, 7) is 7.97. The number of nitrogens with zero attached hydrogens (tertiary/aromatic N) is 4. The molecule has 11 nitrogen and oxygen atoms in total. The van der Waals surface area contributed by atoms with E-state index in [-0.39, 0.29) is 30.2 Å². The standard InChI is InChI=1S/C30H41N5O6S/c1-21(2)41-30-27-25(23-11-9-22(10-12-23)20-34-13-15-40-16-14-34)19-26(29(36)33-42(37,38)18-17-39-3)31-28(27)35(32-30)24-7-5-4-6-8-24/h9-12,19,21,24H,4-8,13-18,20H2,1-3H3,(H,33,36). The Balaban J connectivity index is 1.59. The van der Waals surface area contributed by atoms with Crippen LogP contribution in [0.25, 0.3) is 22.2 Å². The zero-order valence-electron chi connectivity index (χ0n) is 24.7. The maximum atomic E-state index is 13.3. The van der Waals surface area contributed by atoms with E-state index in [9.17, 15) is 13.2 Å². The summed E-state index contributed by atoms with van der Waals surface area (Å²) in [7, 11) is -2.50. The smallest absolute Gasteiger partial charge is 0.283 e. The van der Waals surface area contributed by atoms with Gasteiger partial charge in [-0.1, -0.05) is 43.5 Å². The number of benzene rings is 1. The molecular formula is C30H41N5O6S. The van der Waals surface area contributed by atoms with Gasteiger partial charge in [-0.05, 0) is 43.9 Å². The molecule has 12 heteroatoms. The number of hydrogen-bond donors (Lipinski definition) is 1. The fraction of sp³-hybridized carbons (Fsp3) is 0.567. The summed E-state index contributed by atoms with van der Waals surface area (Å²) in [5, 5.41) is 5.61. The average molecular weight is 600 g/mol. The van der Waals surface area contributed by atoms with E-state index in [1.165, 1.54) is 19.1 Å². The van der Waals surface area contributed by atoms with E-state index in [2.05, 4.69) is 21.8 Å². The fourth-order valence-electron chi connectivity index (χ4n) is 5.58. The largest absolute Gasteiger partial charge is 0.473 e. The third kappa shape index (κ3) is 7.28. The molecule has 228 valence electrons. The summed E-state index contributed by atoms with van der Waals surface area (Å²) in [6, 6.07) is 9.98. The van der Waals surface area contributed by atoms with E-state index in [1.54, 1.807) is 6.07 Å². The van der Waals surface area contributed by atoms with Gasteiger partial charge in [0.15, 0.2) is 5.65 Å². The van der Waals surface area contributed by atoms with Crippen molar-refractivity contribution in [2.75, 3.05) is 45.8 Å². The van der Waals surface area contributed by atoms with Crippen LogP contribution in [0, 0.1) is 0 Å². The number of rotatable bonds is 11. The monoisotopic (exact) mass is 599 g/mol. The van der Waals surface area contributed by atoms with Crippen molar-refractivity contribution in [1.82, 2.24) is 24.4 Å². The first kappa shape index (κ1) is 30.4. The Morgan fingerprint density at radius 1 is 1.12 bits per heavy atom. The number of pyridine rings is 1. The van der Waals surface area contributed by atoms with Crippen molar-refractivity contribution in [2.24, 2.45) is 0 Å². The van der Waals surface area contributed by atoms with Gasteiger partial charge in [-0.15, -0.1) is 5.10 Å². The molecule has 3 heterocycles. The van der Waals surface area contributed by atoms with Crippen molar-refractivity contribution in [1.29, 1.82) is 0 Å². The topological polar surface area (TPSA) is 125 Å². The molecule has 2 fully saturated rings. The van der Waals surface area contributed by atoms with E-state index >= 15 is 0 Å². The molecule has 0 unspecified atom stereocenters. The van der Waals surface area contributed by atoms with Gasteiger partial charge >= 0.3 is 0 Å². The van der Waals surface area contributed by atoms with Crippen molar-refractivity contribution in [3.63, 3.8) is 0 Å². The first-order chi connectivity index (χ1) is 20.2. The number of hydrogen-bond acceptors (Lipinski definition) is 9. The van der Waals surface area contributed by atoms with Crippen LogP contribution in [0.1, 0.15) is 68.0 Å². The Kier molecular flexibility index (Phi) is 9.77. The summed E-state index contributed by atoms with van der Waals surface area (Å²) in [5.41, 5.74) is 3.27. The molecule has 0 bridgehead atoms. The van der Waals surface area contributed by atoms with Crippen LogP contribution in [-0.2, 0) is 26.0 Å². The van der Waals surface area contributed by atoms with Gasteiger partial charge in [0, 0.05) is 32.3 Å². The van der Waals surface area contributed by atoms with Gasteiger partial charge in [-0.3, -0.25) is 9.69 Å². The van der Waals surface area contributed by atoms with E-state index in [1.807, 2.05) is 30.7 Å². The molecule has 2 aromatic heterocycles. The molecule has 3 aromatic rings. The molecule has 1 N–H and O–H groups in total. The lowest BCUT2D eigenvalue weighted by Crippen LogP contribution is -2.35. The predicted molar refractivity (Wildman–Crippen MR) is 160 cm³/mol. The minimum atomic E-state index is -3.91. The third-order valence-corrected chi connectivity index (χ3v) is 8.91. The zero-order valence-corrected chi connectivity index (χ0v) is 25.5. The van der Waals surface area contributed by atoms with Crippen molar-refractivity contribution < 1.29 is 27.4 Å². The van der Waals surface area contributed by atoms with Crippen LogP contribution in [0.5, 0.6) is 5.88 Å². The first-order valence-electron chi connectivity index (χ1n) is 14.8. The Bertz CT molecular complexity index is 1480. The molecule has 2 aliphatic rings. The van der Waals surface area contributed by atoms with E-state index in [0.29, 0.717) is 16.9 Å². The van der Waals surface area contributed by atoms with Crippen LogP contribution < -0.4 is 9.46 Å². The summed E-state index contributed by atoms with van der Waals surface area (Å²) < 4.78 is 45.7. The van der Waals surface area contributed by atoms with E-state index < -0.39 is 15.9 Å². The van der Waals surface area contributed by atoms with Crippen LogP contribution in [0.3, 0.4) is 0 Å². The normalized spacial score (nSPS) is 17.1. The number of morpholine rings is 1. The van der Waals surface area contributed by atoms with Gasteiger partial charge < -0.3 is 14.2 Å². The number of sulfonamides is 1. The average Bonchev–Trinajstić information content (AvgIpc) is 3.34. The minimum Gasteiger partial charge on any atom is -0.473 e. The predicted octanol–water partition coefficient (Wildman–Crippen LogP) is 3.93. The van der Waals surface area contributed by atoms with E-state index in [0.717, 1.165) is 69.7 Å². The molecule has 1 saturated carbocycles. The van der Waals surface area contributed by atoms with Crippen LogP contribution >= 0.6 is 0 Å².